The molecule has 3 aromatic rings. The quantitative estimate of drug-likeness (QED) is 0.739. The monoisotopic (exact) mass is 358 g/mol. The van der Waals surface area contributed by atoms with E-state index in [0.29, 0.717) is 10.2 Å². The third-order valence-electron chi connectivity index (χ3n) is 4.40. The maximum atomic E-state index is 12.8. The summed E-state index contributed by atoms with van der Waals surface area (Å²) in [5.74, 6) is 0.777. The largest absolute Gasteiger partial charge is 0.497 e. The molecule has 2 aromatic carbocycles. The average molecular weight is 359 g/mol. The highest BCUT2D eigenvalue weighted by Crippen LogP contribution is 2.49. The lowest BCUT2D eigenvalue weighted by Crippen LogP contribution is -2.27. The van der Waals surface area contributed by atoms with Gasteiger partial charge in [0.2, 0.25) is 5.91 Å². The van der Waals surface area contributed by atoms with E-state index in [0.717, 1.165) is 34.4 Å². The number of fused-ring (bicyclic) bond motifs is 1. The zero-order valence-corrected chi connectivity index (χ0v) is 14.6. The van der Waals surface area contributed by atoms with Crippen LogP contribution in [-0.4, -0.2) is 18.0 Å². The second-order valence-electron chi connectivity index (χ2n) is 5.90. The number of carbonyl (C=O) groups excluding carboxylic acids is 1. The van der Waals surface area contributed by atoms with Gasteiger partial charge in [0.15, 0.2) is 5.13 Å². The SMILES string of the molecule is COc1ccc2nc(NC(=O)C3(c4ccc(Cl)cc4)CC3)sc2c1. The van der Waals surface area contributed by atoms with Crippen molar-refractivity contribution in [2.24, 2.45) is 0 Å². The Morgan fingerprint density at radius 3 is 2.67 bits per heavy atom. The number of aromatic nitrogens is 1. The lowest BCUT2D eigenvalue weighted by atomic mass is 9.95. The first-order valence-electron chi connectivity index (χ1n) is 7.63. The molecule has 4 nitrogen and oxygen atoms in total. The molecule has 0 radical (unpaired) electrons. The van der Waals surface area contributed by atoms with Crippen LogP contribution in [0.3, 0.4) is 0 Å². The van der Waals surface area contributed by atoms with Crippen LogP contribution in [0.25, 0.3) is 10.2 Å². The van der Waals surface area contributed by atoms with Gasteiger partial charge in [0, 0.05) is 5.02 Å². The molecule has 1 amide bonds. The highest BCUT2D eigenvalue weighted by atomic mass is 35.5. The predicted molar refractivity (Wildman–Crippen MR) is 97.2 cm³/mol. The number of nitrogens with one attached hydrogen (secondary N) is 1. The Morgan fingerprint density at radius 2 is 2.00 bits per heavy atom. The fourth-order valence-electron chi connectivity index (χ4n) is 2.84. The number of amides is 1. The van der Waals surface area contributed by atoms with E-state index in [1.165, 1.54) is 11.3 Å². The fraction of sp³-hybridized carbons (Fsp3) is 0.222. The first-order valence-corrected chi connectivity index (χ1v) is 8.82. The van der Waals surface area contributed by atoms with E-state index in [4.69, 9.17) is 16.3 Å². The van der Waals surface area contributed by atoms with Gasteiger partial charge in [-0.3, -0.25) is 4.79 Å². The highest BCUT2D eigenvalue weighted by molar-refractivity contribution is 7.22. The maximum absolute atomic E-state index is 12.8. The molecule has 4 rings (SSSR count). The molecule has 1 N–H and O–H groups in total. The Labute approximate surface area is 148 Å². The Bertz CT molecular complexity index is 916. The van der Waals surface area contributed by atoms with Crippen molar-refractivity contribution in [2.75, 3.05) is 12.4 Å². The van der Waals surface area contributed by atoms with Crippen LogP contribution >= 0.6 is 22.9 Å². The van der Waals surface area contributed by atoms with Gasteiger partial charge in [0.05, 0.1) is 22.7 Å². The number of rotatable bonds is 4. The Balaban J connectivity index is 1.58. The summed E-state index contributed by atoms with van der Waals surface area (Å²) < 4.78 is 6.21. The van der Waals surface area contributed by atoms with E-state index in [-0.39, 0.29) is 5.91 Å². The predicted octanol–water partition coefficient (Wildman–Crippen LogP) is 4.63. The molecular formula is C18H15ClN2O2S. The van der Waals surface area contributed by atoms with Gasteiger partial charge < -0.3 is 10.1 Å². The van der Waals surface area contributed by atoms with E-state index >= 15 is 0 Å². The minimum atomic E-state index is -0.444. The number of halogens is 1. The molecule has 24 heavy (non-hydrogen) atoms. The fourth-order valence-corrected chi connectivity index (χ4v) is 3.86. The van der Waals surface area contributed by atoms with Crippen molar-refractivity contribution in [3.63, 3.8) is 0 Å². The zero-order valence-electron chi connectivity index (χ0n) is 13.0. The van der Waals surface area contributed by atoms with Crippen molar-refractivity contribution in [3.05, 3.63) is 53.1 Å². The van der Waals surface area contributed by atoms with E-state index in [1.807, 2.05) is 42.5 Å². The van der Waals surface area contributed by atoms with Gasteiger partial charge in [-0.1, -0.05) is 35.1 Å². The summed E-state index contributed by atoms with van der Waals surface area (Å²) in [6.07, 6.45) is 1.69. The van der Waals surface area contributed by atoms with E-state index in [9.17, 15) is 4.79 Å². The van der Waals surface area contributed by atoms with Crippen LogP contribution in [0.15, 0.2) is 42.5 Å². The summed E-state index contributed by atoms with van der Waals surface area (Å²) in [7, 11) is 1.63. The number of carbonyl (C=O) groups is 1. The summed E-state index contributed by atoms with van der Waals surface area (Å²) in [5, 5.41) is 4.27. The van der Waals surface area contributed by atoms with Gasteiger partial charge in [0.25, 0.3) is 0 Å². The summed E-state index contributed by atoms with van der Waals surface area (Å²) in [5.41, 5.74) is 1.42. The molecule has 0 aliphatic heterocycles. The van der Waals surface area contributed by atoms with Gasteiger partial charge in [-0.05, 0) is 48.7 Å². The van der Waals surface area contributed by atoms with Crippen LogP contribution in [0.2, 0.25) is 5.02 Å². The third-order valence-corrected chi connectivity index (χ3v) is 5.58. The van der Waals surface area contributed by atoms with Crippen molar-refractivity contribution in [1.29, 1.82) is 0 Å². The molecule has 0 spiro atoms. The number of thiazole rings is 1. The number of ether oxygens (including phenoxy) is 1. The Morgan fingerprint density at radius 1 is 1.25 bits per heavy atom. The van der Waals surface area contributed by atoms with Crippen LogP contribution in [0.4, 0.5) is 5.13 Å². The molecular weight excluding hydrogens is 344 g/mol. The molecule has 1 fully saturated rings. The van der Waals surface area contributed by atoms with Crippen LogP contribution in [-0.2, 0) is 10.2 Å². The molecule has 1 aromatic heterocycles. The number of hydrogen-bond acceptors (Lipinski definition) is 4. The van der Waals surface area contributed by atoms with Gasteiger partial charge in [-0.2, -0.15) is 0 Å². The smallest absolute Gasteiger partial charge is 0.236 e. The number of hydrogen-bond donors (Lipinski definition) is 1. The van der Waals surface area contributed by atoms with Crippen molar-refractivity contribution >= 4 is 44.2 Å². The van der Waals surface area contributed by atoms with Gasteiger partial charge in [-0.25, -0.2) is 4.98 Å². The second kappa shape index (κ2) is 5.76. The van der Waals surface area contributed by atoms with Crippen LogP contribution in [0.1, 0.15) is 18.4 Å². The highest BCUT2D eigenvalue weighted by Gasteiger charge is 2.51. The van der Waals surface area contributed by atoms with Crippen molar-refractivity contribution in [3.8, 4) is 5.75 Å². The Kier molecular flexibility index (Phi) is 3.70. The van der Waals surface area contributed by atoms with E-state index in [1.54, 1.807) is 7.11 Å². The minimum Gasteiger partial charge on any atom is -0.497 e. The minimum absolute atomic E-state index is 0.00385. The standard InChI is InChI=1S/C18H15ClN2O2S/c1-23-13-6-7-14-15(10-13)24-17(20-14)21-16(22)18(8-9-18)11-2-4-12(19)5-3-11/h2-7,10H,8-9H2,1H3,(H,20,21,22). The van der Waals surface area contributed by atoms with Gasteiger partial charge in [0.1, 0.15) is 5.75 Å². The van der Waals surface area contributed by atoms with Gasteiger partial charge >= 0.3 is 0 Å². The molecule has 1 aliphatic carbocycles. The molecule has 0 atom stereocenters. The van der Waals surface area contributed by atoms with Gasteiger partial charge in [-0.15, -0.1) is 0 Å². The van der Waals surface area contributed by atoms with E-state index < -0.39 is 5.41 Å². The Hall–Kier alpha value is -2.11. The first-order chi connectivity index (χ1) is 11.6. The maximum Gasteiger partial charge on any atom is 0.236 e. The number of nitrogens with zero attached hydrogens (tertiary/aromatic N) is 1. The average Bonchev–Trinajstić information content (AvgIpc) is 3.30. The van der Waals surface area contributed by atoms with Crippen LogP contribution < -0.4 is 10.1 Å². The first kappa shape index (κ1) is 15.4. The molecule has 1 heterocycles. The lowest BCUT2D eigenvalue weighted by molar-refractivity contribution is -0.118. The number of benzene rings is 2. The molecule has 6 heteroatoms. The number of methoxy groups -OCH3 is 1. The molecule has 0 bridgehead atoms. The lowest BCUT2D eigenvalue weighted by Gasteiger charge is -2.14. The van der Waals surface area contributed by atoms with Crippen LogP contribution in [0.5, 0.6) is 5.75 Å². The zero-order chi connectivity index (χ0) is 16.7. The second-order valence-corrected chi connectivity index (χ2v) is 7.36. The van der Waals surface area contributed by atoms with Crippen molar-refractivity contribution in [2.45, 2.75) is 18.3 Å². The molecule has 122 valence electrons. The summed E-state index contributed by atoms with van der Waals surface area (Å²) >= 11 is 7.39. The summed E-state index contributed by atoms with van der Waals surface area (Å²) in [4.78, 5) is 17.3. The molecule has 0 unspecified atom stereocenters. The van der Waals surface area contributed by atoms with Crippen LogP contribution in [0, 0.1) is 0 Å². The summed E-state index contributed by atoms with van der Waals surface area (Å²) in [6.45, 7) is 0. The van der Waals surface area contributed by atoms with Crippen molar-refractivity contribution < 1.29 is 9.53 Å². The van der Waals surface area contributed by atoms with E-state index in [2.05, 4.69) is 10.3 Å². The molecule has 1 saturated carbocycles. The molecule has 0 saturated heterocycles. The van der Waals surface area contributed by atoms with Crippen molar-refractivity contribution in [1.82, 2.24) is 4.98 Å². The normalized spacial score (nSPS) is 15.2. The number of anilines is 1. The molecule has 1 aliphatic rings. The third kappa shape index (κ3) is 2.64. The topological polar surface area (TPSA) is 51.2 Å². The summed E-state index contributed by atoms with van der Waals surface area (Å²) in [6, 6.07) is 13.2.